The quantitative estimate of drug-likeness (QED) is 0.303. The Morgan fingerprint density at radius 2 is 1.77 bits per heavy atom. The standard InChI is InChI=1S/C22H30O9/c1-9(23)31-11-6-10-15(25)21(17(27)20(10)8-29-20)13(11)19-7-30-22(21,28)16(26)14(19)18(2,3)5-4-12(19)24/h10-16,24-26,28H,4-8H2,1-3H3/t10-,11+,12+,13?,14?,15-,16+,19+,20-,21-,22+/m1/s1. The van der Waals surface area contributed by atoms with E-state index in [-0.39, 0.29) is 19.6 Å². The van der Waals surface area contributed by atoms with E-state index in [1.807, 2.05) is 13.8 Å². The Balaban J connectivity index is 1.66. The molecule has 4 bridgehead atoms. The third kappa shape index (κ3) is 1.86. The van der Waals surface area contributed by atoms with Crippen molar-refractivity contribution in [2.24, 2.45) is 34.0 Å². The monoisotopic (exact) mass is 438 g/mol. The summed E-state index contributed by atoms with van der Waals surface area (Å²) >= 11 is 0. The van der Waals surface area contributed by atoms with Crippen molar-refractivity contribution >= 4 is 11.8 Å². The van der Waals surface area contributed by atoms with Gasteiger partial charge in [-0.2, -0.15) is 0 Å². The van der Waals surface area contributed by atoms with E-state index in [0.29, 0.717) is 12.8 Å². The highest BCUT2D eigenvalue weighted by Gasteiger charge is 2.93. The number of ether oxygens (including phenoxy) is 3. The molecule has 4 saturated carbocycles. The van der Waals surface area contributed by atoms with Gasteiger partial charge in [0, 0.05) is 30.1 Å². The molecule has 0 amide bonds. The lowest BCUT2D eigenvalue weighted by atomic mass is 9.35. The van der Waals surface area contributed by atoms with Gasteiger partial charge in [-0.25, -0.2) is 0 Å². The second-order valence-electron chi connectivity index (χ2n) is 11.4. The minimum atomic E-state index is -2.37. The molecule has 172 valence electrons. The number of fused-ring (bicyclic) bond motifs is 3. The predicted octanol–water partition coefficient (Wildman–Crippen LogP) is -0.870. The number of aliphatic hydroxyl groups excluding tert-OH is 3. The van der Waals surface area contributed by atoms with Crippen molar-refractivity contribution in [2.75, 3.05) is 13.2 Å². The number of aliphatic hydroxyl groups is 4. The number of hydrogen-bond acceptors (Lipinski definition) is 9. The Morgan fingerprint density at radius 1 is 1.10 bits per heavy atom. The third-order valence-electron chi connectivity index (χ3n) is 9.86. The highest BCUT2D eigenvalue weighted by Crippen LogP contribution is 2.78. The summed E-state index contributed by atoms with van der Waals surface area (Å²) in [6.45, 7) is 5.22. The summed E-state index contributed by atoms with van der Waals surface area (Å²) in [4.78, 5) is 26.1. The molecule has 31 heavy (non-hydrogen) atoms. The zero-order valence-electron chi connectivity index (χ0n) is 17.9. The average molecular weight is 438 g/mol. The molecule has 4 N–H and O–H groups in total. The van der Waals surface area contributed by atoms with E-state index in [1.54, 1.807) is 0 Å². The Bertz CT molecular complexity index is 882. The summed E-state index contributed by atoms with van der Waals surface area (Å²) in [6.07, 6.45) is -3.44. The van der Waals surface area contributed by atoms with Crippen molar-refractivity contribution in [3.63, 3.8) is 0 Å². The Morgan fingerprint density at radius 3 is 2.39 bits per heavy atom. The summed E-state index contributed by atoms with van der Waals surface area (Å²) in [5, 5.41) is 46.4. The van der Waals surface area contributed by atoms with Crippen LogP contribution in [0.3, 0.4) is 0 Å². The molecule has 11 atom stereocenters. The maximum Gasteiger partial charge on any atom is 0.302 e. The lowest BCUT2D eigenvalue weighted by molar-refractivity contribution is -0.465. The van der Waals surface area contributed by atoms with Crippen molar-refractivity contribution < 1.29 is 44.2 Å². The van der Waals surface area contributed by atoms with Crippen LogP contribution in [-0.4, -0.2) is 81.2 Å². The third-order valence-corrected chi connectivity index (χ3v) is 9.86. The second kappa shape index (κ2) is 5.51. The summed E-state index contributed by atoms with van der Waals surface area (Å²) < 4.78 is 17.2. The number of carbonyl (C=O) groups is 2. The molecule has 3 spiro atoms. The topological polar surface area (TPSA) is 146 Å². The van der Waals surface area contributed by atoms with Gasteiger partial charge in [0.2, 0.25) is 5.79 Å². The predicted molar refractivity (Wildman–Crippen MR) is 101 cm³/mol. The van der Waals surface area contributed by atoms with Gasteiger partial charge in [0.15, 0.2) is 11.4 Å². The van der Waals surface area contributed by atoms with Gasteiger partial charge in [0.05, 0.1) is 25.4 Å². The zero-order chi connectivity index (χ0) is 22.4. The summed E-state index contributed by atoms with van der Waals surface area (Å²) in [5.41, 5.74) is -4.89. The lowest BCUT2D eigenvalue weighted by Gasteiger charge is -2.75. The Hall–Kier alpha value is -1.10. The number of esters is 1. The molecule has 9 nitrogen and oxygen atoms in total. The molecule has 9 heteroatoms. The fraction of sp³-hybridized carbons (Fsp3) is 0.909. The van der Waals surface area contributed by atoms with E-state index >= 15 is 0 Å². The molecular weight excluding hydrogens is 408 g/mol. The van der Waals surface area contributed by atoms with E-state index in [1.165, 1.54) is 6.92 Å². The maximum absolute atomic E-state index is 14.0. The molecule has 3 saturated heterocycles. The van der Waals surface area contributed by atoms with E-state index in [4.69, 9.17) is 14.2 Å². The van der Waals surface area contributed by atoms with Gasteiger partial charge >= 0.3 is 5.97 Å². The number of hydrogen-bond donors (Lipinski definition) is 4. The molecule has 0 aromatic heterocycles. The van der Waals surface area contributed by atoms with E-state index < -0.39 is 81.6 Å². The summed E-state index contributed by atoms with van der Waals surface area (Å²) in [6, 6.07) is 0. The van der Waals surface area contributed by atoms with Crippen LogP contribution in [0.25, 0.3) is 0 Å². The second-order valence-corrected chi connectivity index (χ2v) is 11.4. The SMILES string of the molecule is CC(=O)O[C@H]1C[C@@H]2[C@@H](O)[C@@]3(C(=O)[C@@]24CO4)C1[C@@]12CO[C@@]3(O)[C@@H](O)C1C(C)(C)CC[C@@H]2O. The zero-order valence-corrected chi connectivity index (χ0v) is 17.9. The molecule has 0 aromatic carbocycles. The number of ketones is 1. The molecule has 3 aliphatic heterocycles. The maximum atomic E-state index is 14.0. The van der Waals surface area contributed by atoms with Crippen LogP contribution >= 0.6 is 0 Å². The Kier molecular flexibility index (Phi) is 3.64. The largest absolute Gasteiger partial charge is 0.462 e. The van der Waals surface area contributed by atoms with Gasteiger partial charge < -0.3 is 34.6 Å². The van der Waals surface area contributed by atoms with Crippen LogP contribution in [0.2, 0.25) is 0 Å². The summed E-state index contributed by atoms with van der Waals surface area (Å²) in [7, 11) is 0. The van der Waals surface area contributed by atoms with Crippen molar-refractivity contribution in [2.45, 2.75) is 75.8 Å². The molecule has 3 heterocycles. The Labute approximate surface area is 179 Å². The van der Waals surface area contributed by atoms with Gasteiger partial charge in [-0.05, 0) is 24.7 Å². The molecule has 0 radical (unpaired) electrons. The molecular formula is C22H30O9. The average Bonchev–Trinajstić information content (AvgIpc) is 3.47. The molecule has 7 aliphatic rings. The van der Waals surface area contributed by atoms with Gasteiger partial charge in [0.1, 0.15) is 17.6 Å². The van der Waals surface area contributed by atoms with Crippen LogP contribution in [0.5, 0.6) is 0 Å². The van der Waals surface area contributed by atoms with Gasteiger partial charge in [0.25, 0.3) is 0 Å². The smallest absolute Gasteiger partial charge is 0.302 e. The van der Waals surface area contributed by atoms with Crippen molar-refractivity contribution in [1.82, 2.24) is 0 Å². The van der Waals surface area contributed by atoms with E-state index in [0.717, 1.165) is 0 Å². The van der Waals surface area contributed by atoms with Crippen LogP contribution in [0.15, 0.2) is 0 Å². The van der Waals surface area contributed by atoms with Crippen LogP contribution in [0.1, 0.15) is 40.0 Å². The van der Waals surface area contributed by atoms with Gasteiger partial charge in [-0.15, -0.1) is 0 Å². The van der Waals surface area contributed by atoms with Gasteiger partial charge in [-0.1, -0.05) is 13.8 Å². The first kappa shape index (κ1) is 20.5. The van der Waals surface area contributed by atoms with Crippen molar-refractivity contribution in [3.05, 3.63) is 0 Å². The highest BCUT2D eigenvalue weighted by atomic mass is 16.7. The van der Waals surface area contributed by atoms with E-state index in [9.17, 15) is 30.0 Å². The number of Topliss-reactive ketones (excluding diaryl/α,β-unsaturated/α-hetero) is 1. The minimum absolute atomic E-state index is 0.0987. The van der Waals surface area contributed by atoms with Crippen molar-refractivity contribution in [1.29, 1.82) is 0 Å². The molecule has 0 aromatic rings. The lowest BCUT2D eigenvalue weighted by Crippen LogP contribution is -2.87. The van der Waals surface area contributed by atoms with Crippen LogP contribution in [0.4, 0.5) is 0 Å². The van der Waals surface area contributed by atoms with Crippen LogP contribution in [0, 0.1) is 34.0 Å². The van der Waals surface area contributed by atoms with Gasteiger partial charge in [-0.3, -0.25) is 9.59 Å². The first-order chi connectivity index (χ1) is 14.4. The van der Waals surface area contributed by atoms with Crippen LogP contribution < -0.4 is 0 Å². The molecule has 2 unspecified atom stereocenters. The summed E-state index contributed by atoms with van der Waals surface area (Å²) in [5.74, 6) is -5.64. The fourth-order valence-electron chi connectivity index (χ4n) is 8.84. The normalized spacial score (nSPS) is 60.5. The number of rotatable bonds is 1. The van der Waals surface area contributed by atoms with Crippen molar-refractivity contribution in [3.8, 4) is 0 Å². The number of carbonyl (C=O) groups excluding carboxylic acids is 2. The molecule has 7 rings (SSSR count). The first-order valence-electron chi connectivity index (χ1n) is 11.2. The highest BCUT2D eigenvalue weighted by molar-refractivity contribution is 6.00. The fourth-order valence-corrected chi connectivity index (χ4v) is 8.84. The molecule has 4 aliphatic carbocycles. The molecule has 7 fully saturated rings. The van der Waals surface area contributed by atoms with E-state index in [2.05, 4.69) is 0 Å². The number of epoxide rings is 1. The minimum Gasteiger partial charge on any atom is -0.462 e. The van der Waals surface area contributed by atoms with Crippen LogP contribution in [-0.2, 0) is 23.8 Å². The first-order valence-corrected chi connectivity index (χ1v) is 11.2.